The molecule has 1 aliphatic heterocycles. The van der Waals surface area contributed by atoms with Gasteiger partial charge < -0.3 is 20.4 Å². The van der Waals surface area contributed by atoms with E-state index in [2.05, 4.69) is 54.0 Å². The third-order valence-corrected chi connectivity index (χ3v) is 4.98. The average molecular weight is 391 g/mol. The van der Waals surface area contributed by atoms with Crippen LogP contribution < -0.4 is 20.4 Å². The van der Waals surface area contributed by atoms with Crippen LogP contribution in [0.15, 0.2) is 72.7 Å². The van der Waals surface area contributed by atoms with Gasteiger partial charge in [-0.05, 0) is 62.8 Å². The maximum absolute atomic E-state index is 5.91. The third-order valence-electron chi connectivity index (χ3n) is 4.98. The Hall–Kier alpha value is -3.34. The fraction of sp³-hybridized carbons (Fsp3) is 0.250. The highest BCUT2D eigenvalue weighted by molar-refractivity contribution is 5.83. The van der Waals surface area contributed by atoms with E-state index in [-0.39, 0.29) is 0 Å². The van der Waals surface area contributed by atoms with Crippen molar-refractivity contribution in [2.24, 2.45) is 0 Å². The Labute approximate surface area is 173 Å². The summed E-state index contributed by atoms with van der Waals surface area (Å²) in [5, 5.41) is 9.12. The summed E-state index contributed by atoms with van der Waals surface area (Å²) in [6.07, 6.45) is 9.56. The number of ether oxygens (including phenoxy) is 1. The summed E-state index contributed by atoms with van der Waals surface area (Å²) in [5.41, 5.74) is 7.02. The summed E-state index contributed by atoms with van der Waals surface area (Å²) in [6, 6.07) is 8.02. The van der Waals surface area contributed by atoms with Gasteiger partial charge in [0.1, 0.15) is 11.5 Å². The minimum absolute atomic E-state index is 0.755. The third kappa shape index (κ3) is 4.24. The standard InChI is InChI=1S/C24H30N4O/c1-7-9-20(10-8-2)29-21-13-11-19(12-14-21)26-23-17(3)15-27(6)28-16-22(25-5)18(4)24(23)28/h7-14,16,25-26H,1,15H2,2-6H3/b10-8-,20-9+. The molecular formula is C24H30N4O. The van der Waals surface area contributed by atoms with Gasteiger partial charge in [0.25, 0.3) is 0 Å². The van der Waals surface area contributed by atoms with Crippen LogP contribution in [0.1, 0.15) is 25.1 Å². The number of fused-ring (bicyclic) bond motifs is 1. The molecule has 2 N–H and O–H groups in total. The number of anilines is 2. The highest BCUT2D eigenvalue weighted by Crippen LogP contribution is 2.33. The zero-order valence-corrected chi connectivity index (χ0v) is 17.9. The Morgan fingerprint density at radius 2 is 1.93 bits per heavy atom. The summed E-state index contributed by atoms with van der Waals surface area (Å²) in [5.74, 6) is 1.54. The van der Waals surface area contributed by atoms with Crippen LogP contribution in [0.3, 0.4) is 0 Å². The van der Waals surface area contributed by atoms with Gasteiger partial charge in [0.2, 0.25) is 0 Å². The molecule has 0 bridgehead atoms. The predicted octanol–water partition coefficient (Wildman–Crippen LogP) is 5.29. The Morgan fingerprint density at radius 1 is 1.21 bits per heavy atom. The van der Waals surface area contributed by atoms with Crippen molar-refractivity contribution in [2.75, 3.05) is 36.3 Å². The van der Waals surface area contributed by atoms with Gasteiger partial charge in [-0.3, -0.25) is 4.68 Å². The second-order valence-electron chi connectivity index (χ2n) is 7.14. The van der Waals surface area contributed by atoms with Crippen LogP contribution >= 0.6 is 0 Å². The Bertz CT molecular complexity index is 977. The molecule has 0 saturated carbocycles. The molecule has 1 aliphatic rings. The van der Waals surface area contributed by atoms with Gasteiger partial charge in [0.05, 0.1) is 29.8 Å². The van der Waals surface area contributed by atoms with E-state index in [1.54, 1.807) is 6.08 Å². The molecule has 0 radical (unpaired) electrons. The van der Waals surface area contributed by atoms with Gasteiger partial charge in [-0.1, -0.05) is 18.7 Å². The number of hydrogen-bond acceptors (Lipinski definition) is 4. The second kappa shape index (κ2) is 8.78. The first kappa shape index (κ1) is 20.4. The Balaban J connectivity index is 1.85. The fourth-order valence-electron chi connectivity index (χ4n) is 3.56. The predicted molar refractivity (Wildman–Crippen MR) is 124 cm³/mol. The van der Waals surface area contributed by atoms with Gasteiger partial charge in [-0.2, -0.15) is 0 Å². The smallest absolute Gasteiger partial charge is 0.127 e. The van der Waals surface area contributed by atoms with Gasteiger partial charge >= 0.3 is 0 Å². The maximum atomic E-state index is 5.91. The molecule has 0 aliphatic carbocycles. The number of allylic oxidation sites excluding steroid dienone is 4. The molecule has 0 atom stereocenters. The van der Waals surface area contributed by atoms with Crippen LogP contribution in [0, 0.1) is 6.92 Å². The molecule has 2 heterocycles. The Morgan fingerprint density at radius 3 is 2.55 bits per heavy atom. The van der Waals surface area contributed by atoms with Crippen molar-refractivity contribution in [3.05, 3.63) is 83.9 Å². The number of likely N-dealkylation sites (N-methyl/N-ethyl adjacent to an activating group) is 1. The minimum Gasteiger partial charge on any atom is -0.457 e. The van der Waals surface area contributed by atoms with E-state index >= 15 is 0 Å². The van der Waals surface area contributed by atoms with Gasteiger partial charge in [0, 0.05) is 25.3 Å². The van der Waals surface area contributed by atoms with Gasteiger partial charge in [0.15, 0.2) is 0 Å². The number of nitrogens with zero attached hydrogens (tertiary/aromatic N) is 2. The molecule has 0 amide bonds. The number of nitrogens with one attached hydrogen (secondary N) is 2. The minimum atomic E-state index is 0.755. The molecule has 0 fully saturated rings. The van der Waals surface area contributed by atoms with Crippen molar-refractivity contribution in [3.8, 4) is 5.75 Å². The molecule has 0 unspecified atom stereocenters. The summed E-state index contributed by atoms with van der Waals surface area (Å²) in [4.78, 5) is 0. The van der Waals surface area contributed by atoms with E-state index in [0.29, 0.717) is 0 Å². The number of hydrogen-bond donors (Lipinski definition) is 2. The lowest BCUT2D eigenvalue weighted by molar-refractivity contribution is 0.444. The van der Waals surface area contributed by atoms with E-state index in [4.69, 9.17) is 4.74 Å². The molecule has 1 aromatic carbocycles. The first-order valence-electron chi connectivity index (χ1n) is 9.80. The topological polar surface area (TPSA) is 41.5 Å². The number of rotatable bonds is 7. The van der Waals surface area contributed by atoms with Crippen molar-refractivity contribution in [1.82, 2.24) is 4.68 Å². The number of benzene rings is 1. The molecule has 29 heavy (non-hydrogen) atoms. The van der Waals surface area contributed by atoms with Crippen LogP contribution in [0.2, 0.25) is 0 Å². The molecule has 3 rings (SSSR count). The molecule has 0 spiro atoms. The molecule has 5 nitrogen and oxygen atoms in total. The highest BCUT2D eigenvalue weighted by Gasteiger charge is 2.24. The maximum Gasteiger partial charge on any atom is 0.127 e. The fourth-order valence-corrected chi connectivity index (χ4v) is 3.56. The first-order valence-corrected chi connectivity index (χ1v) is 9.80. The zero-order valence-electron chi connectivity index (χ0n) is 17.9. The molecule has 152 valence electrons. The van der Waals surface area contributed by atoms with Crippen LogP contribution in [0.5, 0.6) is 5.75 Å². The highest BCUT2D eigenvalue weighted by atomic mass is 16.5. The van der Waals surface area contributed by atoms with E-state index in [1.165, 1.54) is 16.8 Å². The summed E-state index contributed by atoms with van der Waals surface area (Å²) in [7, 11) is 4.06. The van der Waals surface area contributed by atoms with Crippen LogP contribution in [-0.2, 0) is 0 Å². The molecule has 5 heteroatoms. The molecule has 1 aromatic heterocycles. The van der Waals surface area contributed by atoms with Crippen molar-refractivity contribution in [1.29, 1.82) is 0 Å². The van der Waals surface area contributed by atoms with Crippen molar-refractivity contribution in [2.45, 2.75) is 20.8 Å². The number of aromatic nitrogens is 1. The van der Waals surface area contributed by atoms with Gasteiger partial charge in [-0.25, -0.2) is 0 Å². The van der Waals surface area contributed by atoms with Crippen LogP contribution in [-0.4, -0.2) is 25.3 Å². The zero-order chi connectivity index (χ0) is 21.0. The van der Waals surface area contributed by atoms with E-state index < -0.39 is 0 Å². The SMILES string of the molecule is C=C/C=C(\C=C/C)Oc1ccc(NC2=C(C)CN(C)n3cc(NC)c(C)c32)cc1. The van der Waals surface area contributed by atoms with Crippen molar-refractivity contribution < 1.29 is 4.74 Å². The van der Waals surface area contributed by atoms with Gasteiger partial charge in [-0.15, -0.1) is 0 Å². The average Bonchev–Trinajstić information content (AvgIpc) is 3.04. The van der Waals surface area contributed by atoms with Crippen molar-refractivity contribution >= 4 is 17.1 Å². The van der Waals surface area contributed by atoms with Crippen molar-refractivity contribution in [3.63, 3.8) is 0 Å². The van der Waals surface area contributed by atoms with E-state index in [9.17, 15) is 0 Å². The molecule has 0 saturated heterocycles. The van der Waals surface area contributed by atoms with Crippen LogP contribution in [0.4, 0.5) is 11.4 Å². The van der Waals surface area contributed by atoms with Crippen LogP contribution in [0.25, 0.3) is 5.70 Å². The Kier molecular flexibility index (Phi) is 6.17. The monoisotopic (exact) mass is 390 g/mol. The first-order chi connectivity index (χ1) is 14.0. The summed E-state index contributed by atoms with van der Waals surface area (Å²) in [6.45, 7) is 10.9. The molecule has 2 aromatic rings. The molecular weight excluding hydrogens is 360 g/mol. The van der Waals surface area contributed by atoms with E-state index in [1.807, 2.05) is 56.5 Å². The normalized spacial score (nSPS) is 14.2. The summed E-state index contributed by atoms with van der Waals surface area (Å²) < 4.78 is 8.12. The summed E-state index contributed by atoms with van der Waals surface area (Å²) >= 11 is 0. The quantitative estimate of drug-likeness (QED) is 0.498. The lowest BCUT2D eigenvalue weighted by Gasteiger charge is -2.31. The lowest BCUT2D eigenvalue weighted by Crippen LogP contribution is -2.37. The second-order valence-corrected chi connectivity index (χ2v) is 7.14. The lowest BCUT2D eigenvalue weighted by atomic mass is 10.1. The van der Waals surface area contributed by atoms with E-state index in [0.717, 1.165) is 35.1 Å². The largest absolute Gasteiger partial charge is 0.457 e.